The number of benzene rings is 1. The zero-order valence-corrected chi connectivity index (χ0v) is 13.2. The van der Waals surface area contributed by atoms with E-state index in [1.54, 1.807) is 14.1 Å². The summed E-state index contributed by atoms with van der Waals surface area (Å²) in [6.07, 6.45) is 1.86. The van der Waals surface area contributed by atoms with Gasteiger partial charge in [0.15, 0.2) is 0 Å². The molecule has 1 N–H and O–H groups in total. The summed E-state index contributed by atoms with van der Waals surface area (Å²) in [6.45, 7) is 3.59. The first-order chi connectivity index (χ1) is 9.48. The highest BCUT2D eigenvalue weighted by Crippen LogP contribution is 2.35. The van der Waals surface area contributed by atoms with E-state index in [-0.39, 0.29) is 6.04 Å². The molecular formula is C14H23N3O2S. The predicted octanol–water partition coefficient (Wildman–Crippen LogP) is 1.74. The Morgan fingerprint density at radius 1 is 1.35 bits per heavy atom. The number of nitrogens with one attached hydrogen (secondary N) is 1. The van der Waals surface area contributed by atoms with Crippen LogP contribution in [0.5, 0.6) is 0 Å². The Labute approximate surface area is 121 Å². The summed E-state index contributed by atoms with van der Waals surface area (Å²) in [5.74, 6) is 0. The zero-order valence-electron chi connectivity index (χ0n) is 12.3. The summed E-state index contributed by atoms with van der Waals surface area (Å²) in [5, 5.41) is 3.49. The first-order valence-electron chi connectivity index (χ1n) is 7.01. The van der Waals surface area contributed by atoms with E-state index in [0.717, 1.165) is 30.6 Å². The number of anilines is 1. The lowest BCUT2D eigenvalue weighted by atomic mass is 9.98. The molecule has 0 radical (unpaired) electrons. The van der Waals surface area contributed by atoms with Crippen LogP contribution in [0.4, 0.5) is 5.69 Å². The molecule has 0 saturated carbocycles. The minimum atomic E-state index is -3.42. The Hall–Kier alpha value is -1.11. The van der Waals surface area contributed by atoms with Crippen molar-refractivity contribution in [2.24, 2.45) is 0 Å². The molecule has 0 saturated heterocycles. The minimum absolute atomic E-state index is 0.236. The average Bonchev–Trinajstić information content (AvgIpc) is 2.44. The van der Waals surface area contributed by atoms with E-state index in [1.807, 2.05) is 24.3 Å². The Morgan fingerprint density at radius 3 is 2.70 bits per heavy atom. The number of fused-ring (bicyclic) bond motifs is 1. The van der Waals surface area contributed by atoms with E-state index < -0.39 is 10.2 Å². The second-order valence-electron chi connectivity index (χ2n) is 5.22. The predicted molar refractivity (Wildman–Crippen MR) is 82.0 cm³/mol. The summed E-state index contributed by atoms with van der Waals surface area (Å²) < 4.78 is 27.6. The first-order valence-corrected chi connectivity index (χ1v) is 8.40. The van der Waals surface area contributed by atoms with Crippen LogP contribution < -0.4 is 9.62 Å². The highest BCUT2D eigenvalue weighted by molar-refractivity contribution is 7.90. The molecule has 5 nitrogen and oxygen atoms in total. The Bertz CT molecular complexity index is 557. The van der Waals surface area contributed by atoms with Gasteiger partial charge in [0.2, 0.25) is 0 Å². The highest BCUT2D eigenvalue weighted by Gasteiger charge is 2.32. The molecule has 1 unspecified atom stereocenters. The van der Waals surface area contributed by atoms with E-state index in [0.29, 0.717) is 6.54 Å². The number of hydrogen-bond acceptors (Lipinski definition) is 3. The summed E-state index contributed by atoms with van der Waals surface area (Å²) in [5.41, 5.74) is 1.86. The fourth-order valence-electron chi connectivity index (χ4n) is 2.50. The molecule has 1 aliphatic heterocycles. The Morgan fingerprint density at radius 2 is 2.05 bits per heavy atom. The second-order valence-corrected chi connectivity index (χ2v) is 7.28. The number of hydrogen-bond donors (Lipinski definition) is 1. The lowest BCUT2D eigenvalue weighted by Gasteiger charge is -2.36. The Kier molecular flexibility index (Phi) is 4.67. The molecule has 1 atom stereocenters. The van der Waals surface area contributed by atoms with Gasteiger partial charge in [0.05, 0.1) is 5.69 Å². The normalized spacial score (nSPS) is 19.2. The first kappa shape index (κ1) is 15.3. The van der Waals surface area contributed by atoms with Gasteiger partial charge in [0, 0.05) is 26.7 Å². The van der Waals surface area contributed by atoms with Crippen molar-refractivity contribution in [3.05, 3.63) is 29.8 Å². The van der Waals surface area contributed by atoms with Crippen molar-refractivity contribution in [1.29, 1.82) is 0 Å². The maximum Gasteiger partial charge on any atom is 0.303 e. The quantitative estimate of drug-likeness (QED) is 0.901. The van der Waals surface area contributed by atoms with Gasteiger partial charge in [-0.25, -0.2) is 0 Å². The smallest absolute Gasteiger partial charge is 0.303 e. The van der Waals surface area contributed by atoms with Crippen LogP contribution in [0.3, 0.4) is 0 Å². The van der Waals surface area contributed by atoms with Crippen LogP contribution in [0, 0.1) is 0 Å². The third kappa shape index (κ3) is 2.82. The molecule has 1 aromatic rings. The number of nitrogens with zero attached hydrogens (tertiary/aromatic N) is 2. The van der Waals surface area contributed by atoms with Crippen LogP contribution >= 0.6 is 0 Å². The van der Waals surface area contributed by atoms with E-state index in [4.69, 9.17) is 0 Å². The van der Waals surface area contributed by atoms with Crippen molar-refractivity contribution < 1.29 is 8.42 Å². The third-order valence-electron chi connectivity index (χ3n) is 3.58. The van der Waals surface area contributed by atoms with Gasteiger partial charge >= 0.3 is 10.2 Å². The molecule has 1 heterocycles. The van der Waals surface area contributed by atoms with Gasteiger partial charge in [-0.15, -0.1) is 0 Å². The summed E-state index contributed by atoms with van der Waals surface area (Å²) >= 11 is 0. The molecule has 0 aromatic heterocycles. The molecule has 0 fully saturated rings. The third-order valence-corrected chi connectivity index (χ3v) is 5.44. The maximum atomic E-state index is 12.4. The SMILES string of the molecule is CCCNC1CCN(S(=O)(=O)N(C)C)c2ccccc21. The van der Waals surface area contributed by atoms with Crippen LogP contribution in [-0.2, 0) is 10.2 Å². The molecule has 1 aromatic carbocycles. The minimum Gasteiger partial charge on any atom is -0.310 e. The van der Waals surface area contributed by atoms with Crippen molar-refractivity contribution in [3.63, 3.8) is 0 Å². The van der Waals surface area contributed by atoms with Gasteiger partial charge in [-0.2, -0.15) is 12.7 Å². The molecule has 2 rings (SSSR count). The van der Waals surface area contributed by atoms with Gasteiger partial charge in [-0.1, -0.05) is 25.1 Å². The largest absolute Gasteiger partial charge is 0.310 e. The fraction of sp³-hybridized carbons (Fsp3) is 0.571. The summed E-state index contributed by atoms with van der Waals surface area (Å²) in [7, 11) is -0.281. The van der Waals surface area contributed by atoms with E-state index in [9.17, 15) is 8.42 Å². The van der Waals surface area contributed by atoms with E-state index in [1.165, 1.54) is 8.61 Å². The van der Waals surface area contributed by atoms with Crippen molar-refractivity contribution in [2.45, 2.75) is 25.8 Å². The van der Waals surface area contributed by atoms with Gasteiger partial charge in [-0.05, 0) is 31.0 Å². The molecule has 1 aliphatic rings. The van der Waals surface area contributed by atoms with E-state index in [2.05, 4.69) is 12.2 Å². The number of para-hydroxylation sites is 1. The summed E-state index contributed by atoms with van der Waals surface area (Å²) in [4.78, 5) is 0. The van der Waals surface area contributed by atoms with Gasteiger partial charge in [0.1, 0.15) is 0 Å². The average molecular weight is 297 g/mol. The van der Waals surface area contributed by atoms with Crippen LogP contribution in [0.25, 0.3) is 0 Å². The van der Waals surface area contributed by atoms with Crippen LogP contribution in [0.15, 0.2) is 24.3 Å². The van der Waals surface area contributed by atoms with Gasteiger partial charge in [-0.3, -0.25) is 4.31 Å². The van der Waals surface area contributed by atoms with E-state index >= 15 is 0 Å². The fourth-order valence-corrected chi connectivity index (χ4v) is 3.64. The van der Waals surface area contributed by atoms with Crippen molar-refractivity contribution in [3.8, 4) is 0 Å². The Balaban J connectivity index is 2.37. The standard InChI is InChI=1S/C14H23N3O2S/c1-4-10-15-13-9-11-17(20(18,19)16(2)3)14-8-6-5-7-12(13)14/h5-8,13,15H,4,9-11H2,1-3H3. The van der Waals surface area contributed by atoms with Gasteiger partial charge in [0.25, 0.3) is 0 Å². The van der Waals surface area contributed by atoms with Crippen molar-refractivity contribution >= 4 is 15.9 Å². The molecule has 0 spiro atoms. The molecule has 112 valence electrons. The van der Waals surface area contributed by atoms with Crippen LogP contribution in [-0.4, -0.2) is 39.9 Å². The molecular weight excluding hydrogens is 274 g/mol. The lowest BCUT2D eigenvalue weighted by Crippen LogP contribution is -2.45. The molecule has 0 bridgehead atoms. The molecule has 0 aliphatic carbocycles. The molecule has 6 heteroatoms. The maximum absolute atomic E-state index is 12.4. The molecule has 0 amide bonds. The summed E-state index contributed by atoms with van der Waals surface area (Å²) in [6, 6.07) is 7.99. The van der Waals surface area contributed by atoms with Crippen molar-refractivity contribution in [1.82, 2.24) is 9.62 Å². The molecule has 20 heavy (non-hydrogen) atoms. The van der Waals surface area contributed by atoms with Crippen LogP contribution in [0.2, 0.25) is 0 Å². The topological polar surface area (TPSA) is 52.7 Å². The van der Waals surface area contributed by atoms with Gasteiger partial charge < -0.3 is 5.32 Å². The van der Waals surface area contributed by atoms with Crippen LogP contribution in [0.1, 0.15) is 31.4 Å². The zero-order chi connectivity index (χ0) is 14.8. The monoisotopic (exact) mass is 297 g/mol. The highest BCUT2D eigenvalue weighted by atomic mass is 32.2. The number of rotatable bonds is 5. The lowest BCUT2D eigenvalue weighted by molar-refractivity contribution is 0.475. The van der Waals surface area contributed by atoms with Crippen molar-refractivity contribution in [2.75, 3.05) is 31.5 Å². The second kappa shape index (κ2) is 6.11.